The Kier molecular flexibility index (Phi) is 4.48. The van der Waals surface area contributed by atoms with Crippen molar-refractivity contribution >= 4 is 11.8 Å². The summed E-state index contributed by atoms with van der Waals surface area (Å²) >= 11 is 0. The SMILES string of the molecule is NNC(=O)C[C@H]1[NH2+]CCN(Cc2ccccc2)C1=O. The number of nitrogens with one attached hydrogen (secondary N) is 1. The molecule has 1 atom stereocenters. The van der Waals surface area contributed by atoms with Gasteiger partial charge in [-0.2, -0.15) is 0 Å². The zero-order chi connectivity index (χ0) is 13.7. The molecule has 0 unspecified atom stereocenters. The Morgan fingerprint density at radius 3 is 2.84 bits per heavy atom. The maximum absolute atomic E-state index is 12.3. The van der Waals surface area contributed by atoms with E-state index >= 15 is 0 Å². The lowest BCUT2D eigenvalue weighted by Gasteiger charge is -2.30. The van der Waals surface area contributed by atoms with Crippen molar-refractivity contribution in [1.82, 2.24) is 10.3 Å². The summed E-state index contributed by atoms with van der Waals surface area (Å²) in [5, 5.41) is 1.90. The van der Waals surface area contributed by atoms with Gasteiger partial charge in [-0.05, 0) is 5.56 Å². The van der Waals surface area contributed by atoms with Gasteiger partial charge < -0.3 is 10.2 Å². The van der Waals surface area contributed by atoms with Crippen LogP contribution in [-0.2, 0) is 16.1 Å². The smallest absolute Gasteiger partial charge is 0.281 e. The van der Waals surface area contributed by atoms with Gasteiger partial charge in [0, 0.05) is 6.54 Å². The van der Waals surface area contributed by atoms with Crippen LogP contribution in [0, 0.1) is 0 Å². The third-order valence-corrected chi connectivity index (χ3v) is 3.26. The molecule has 0 spiro atoms. The number of nitrogens with two attached hydrogens (primary N) is 2. The molecule has 2 rings (SSSR count). The molecule has 0 radical (unpaired) electrons. The largest absolute Gasteiger partial charge is 0.334 e. The predicted molar refractivity (Wildman–Crippen MR) is 69.4 cm³/mol. The quantitative estimate of drug-likeness (QED) is 0.345. The highest BCUT2D eigenvalue weighted by Crippen LogP contribution is 2.07. The molecule has 19 heavy (non-hydrogen) atoms. The third-order valence-electron chi connectivity index (χ3n) is 3.26. The molecule has 0 aliphatic carbocycles. The van der Waals surface area contributed by atoms with Crippen molar-refractivity contribution in [3.8, 4) is 0 Å². The lowest BCUT2D eigenvalue weighted by atomic mass is 10.1. The van der Waals surface area contributed by atoms with Gasteiger partial charge in [-0.1, -0.05) is 30.3 Å². The Labute approximate surface area is 111 Å². The van der Waals surface area contributed by atoms with E-state index < -0.39 is 0 Å². The average Bonchev–Trinajstić information content (AvgIpc) is 2.44. The molecule has 1 aromatic carbocycles. The number of hydrazine groups is 1. The predicted octanol–water partition coefficient (Wildman–Crippen LogP) is -1.66. The number of rotatable bonds is 4. The average molecular weight is 263 g/mol. The highest BCUT2D eigenvalue weighted by molar-refractivity contribution is 5.87. The van der Waals surface area contributed by atoms with Crippen LogP contribution in [0.5, 0.6) is 0 Å². The molecule has 0 saturated carbocycles. The van der Waals surface area contributed by atoms with Crippen molar-refractivity contribution in [2.75, 3.05) is 13.1 Å². The summed E-state index contributed by atoms with van der Waals surface area (Å²) in [5.41, 5.74) is 3.16. The van der Waals surface area contributed by atoms with Gasteiger partial charge in [0.25, 0.3) is 5.91 Å². The second-order valence-electron chi connectivity index (χ2n) is 4.65. The fraction of sp³-hybridized carbons (Fsp3) is 0.385. The number of amides is 2. The molecule has 2 amide bonds. The van der Waals surface area contributed by atoms with E-state index in [2.05, 4.69) is 5.43 Å². The monoisotopic (exact) mass is 263 g/mol. The van der Waals surface area contributed by atoms with E-state index in [0.29, 0.717) is 13.1 Å². The van der Waals surface area contributed by atoms with E-state index in [9.17, 15) is 9.59 Å². The van der Waals surface area contributed by atoms with E-state index in [4.69, 9.17) is 5.84 Å². The number of hydrogen-bond donors (Lipinski definition) is 3. The van der Waals surface area contributed by atoms with Crippen molar-refractivity contribution in [2.45, 2.75) is 19.0 Å². The number of benzene rings is 1. The zero-order valence-corrected chi connectivity index (χ0v) is 10.7. The molecule has 1 aliphatic heterocycles. The van der Waals surface area contributed by atoms with Gasteiger partial charge in [0.1, 0.15) is 0 Å². The summed E-state index contributed by atoms with van der Waals surface area (Å²) in [5.74, 6) is 4.74. The second kappa shape index (κ2) is 6.31. The molecule has 6 heteroatoms. The van der Waals surface area contributed by atoms with Crippen LogP contribution in [0.25, 0.3) is 0 Å². The van der Waals surface area contributed by atoms with Gasteiger partial charge in [-0.15, -0.1) is 0 Å². The second-order valence-corrected chi connectivity index (χ2v) is 4.65. The topological polar surface area (TPSA) is 92.0 Å². The minimum absolute atomic E-state index is 0.00120. The lowest BCUT2D eigenvalue weighted by Crippen LogP contribution is -2.96. The van der Waals surface area contributed by atoms with Crippen LogP contribution in [0.2, 0.25) is 0 Å². The molecule has 6 nitrogen and oxygen atoms in total. The summed E-state index contributed by atoms with van der Waals surface area (Å²) in [6.07, 6.45) is 0.126. The van der Waals surface area contributed by atoms with Crippen LogP contribution in [0.3, 0.4) is 0 Å². The van der Waals surface area contributed by atoms with E-state index in [1.54, 1.807) is 4.90 Å². The Morgan fingerprint density at radius 2 is 2.16 bits per heavy atom. The van der Waals surface area contributed by atoms with Gasteiger partial charge in [0.2, 0.25) is 5.91 Å². The maximum Gasteiger partial charge on any atom is 0.281 e. The maximum atomic E-state index is 12.3. The first kappa shape index (κ1) is 13.5. The van der Waals surface area contributed by atoms with Crippen LogP contribution in [0.1, 0.15) is 12.0 Å². The summed E-state index contributed by atoms with van der Waals surface area (Å²) in [6.45, 7) is 2.10. The lowest BCUT2D eigenvalue weighted by molar-refractivity contribution is -0.682. The first-order chi connectivity index (χ1) is 9.20. The van der Waals surface area contributed by atoms with Crippen molar-refractivity contribution in [3.63, 3.8) is 0 Å². The molecule has 1 aliphatic rings. The zero-order valence-electron chi connectivity index (χ0n) is 10.7. The molecular formula is C13H19N4O2+. The molecule has 1 saturated heterocycles. The summed E-state index contributed by atoms with van der Waals surface area (Å²) in [7, 11) is 0. The standard InChI is InChI=1S/C13H18N4O2/c14-16-12(18)8-11-13(19)17(7-6-15-11)9-10-4-2-1-3-5-10/h1-5,11,15H,6-9,14H2,(H,16,18)/p+1/t11-/m1/s1. The molecular weight excluding hydrogens is 244 g/mol. The number of nitrogens with zero attached hydrogens (tertiary/aromatic N) is 1. The van der Waals surface area contributed by atoms with Crippen LogP contribution in [-0.4, -0.2) is 35.8 Å². The summed E-state index contributed by atoms with van der Waals surface area (Å²) in [6, 6.07) is 9.48. The van der Waals surface area contributed by atoms with E-state index in [0.717, 1.165) is 12.1 Å². The number of carbonyl (C=O) groups is 2. The first-order valence-electron chi connectivity index (χ1n) is 6.36. The highest BCUT2D eigenvalue weighted by Gasteiger charge is 2.33. The van der Waals surface area contributed by atoms with Crippen molar-refractivity contribution in [1.29, 1.82) is 0 Å². The van der Waals surface area contributed by atoms with Crippen LogP contribution in [0.4, 0.5) is 0 Å². The Balaban J connectivity index is 1.98. The van der Waals surface area contributed by atoms with Gasteiger partial charge in [0.15, 0.2) is 6.04 Å². The van der Waals surface area contributed by atoms with Gasteiger partial charge in [-0.25, -0.2) is 5.84 Å². The van der Waals surface area contributed by atoms with Crippen molar-refractivity contribution in [2.24, 2.45) is 5.84 Å². The number of carbonyl (C=O) groups excluding carboxylic acids is 2. The number of quaternary nitrogens is 1. The van der Waals surface area contributed by atoms with Gasteiger partial charge in [-0.3, -0.25) is 15.0 Å². The first-order valence-corrected chi connectivity index (χ1v) is 6.36. The normalized spacial score (nSPS) is 19.3. The minimum Gasteiger partial charge on any atom is -0.334 e. The Hall–Kier alpha value is -1.92. The molecule has 0 aromatic heterocycles. The van der Waals surface area contributed by atoms with Crippen LogP contribution < -0.4 is 16.6 Å². The minimum atomic E-state index is -0.360. The molecule has 1 aromatic rings. The van der Waals surface area contributed by atoms with E-state index in [1.165, 1.54) is 0 Å². The molecule has 0 bridgehead atoms. The van der Waals surface area contributed by atoms with Crippen LogP contribution >= 0.6 is 0 Å². The van der Waals surface area contributed by atoms with Crippen molar-refractivity contribution < 1.29 is 14.9 Å². The summed E-state index contributed by atoms with van der Waals surface area (Å²) in [4.78, 5) is 25.3. The van der Waals surface area contributed by atoms with E-state index in [1.807, 2.05) is 35.6 Å². The number of hydrogen-bond acceptors (Lipinski definition) is 3. The van der Waals surface area contributed by atoms with Crippen molar-refractivity contribution in [3.05, 3.63) is 35.9 Å². The summed E-state index contributed by atoms with van der Waals surface area (Å²) < 4.78 is 0. The van der Waals surface area contributed by atoms with E-state index in [-0.39, 0.29) is 24.3 Å². The Morgan fingerprint density at radius 1 is 1.42 bits per heavy atom. The molecule has 5 N–H and O–H groups in total. The molecule has 102 valence electrons. The van der Waals surface area contributed by atoms with Gasteiger partial charge in [0.05, 0.1) is 19.5 Å². The highest BCUT2D eigenvalue weighted by atomic mass is 16.2. The molecule has 1 fully saturated rings. The number of piperazine rings is 1. The fourth-order valence-corrected chi connectivity index (χ4v) is 2.27. The van der Waals surface area contributed by atoms with Crippen LogP contribution in [0.15, 0.2) is 30.3 Å². The third kappa shape index (κ3) is 3.52. The fourth-order valence-electron chi connectivity index (χ4n) is 2.27. The van der Waals surface area contributed by atoms with Gasteiger partial charge >= 0.3 is 0 Å². The molecule has 1 heterocycles. The Bertz CT molecular complexity index is 449.